The predicted octanol–water partition coefficient (Wildman–Crippen LogP) is 2.72. The average Bonchev–Trinajstić information content (AvgIpc) is 2.86. The first kappa shape index (κ1) is 14.7. The molecule has 1 saturated heterocycles. The third-order valence-corrected chi connectivity index (χ3v) is 3.69. The van der Waals surface area contributed by atoms with Gasteiger partial charge in [0.25, 0.3) is 0 Å². The molecule has 0 amide bonds. The number of nitriles is 1. The standard InChI is InChI=1S/C14H16F3N3/c1-19(2)12-5-6-20(9-12)11-3-4-13(14(15,16)17)10(7-11)8-18/h3-4,7,12H,5-6,9H2,1-2H3. The maximum absolute atomic E-state index is 12.7. The van der Waals surface area contributed by atoms with E-state index in [9.17, 15) is 13.2 Å². The van der Waals surface area contributed by atoms with Crippen molar-refractivity contribution in [3.63, 3.8) is 0 Å². The van der Waals surface area contributed by atoms with Gasteiger partial charge in [-0.2, -0.15) is 18.4 Å². The Morgan fingerprint density at radius 3 is 2.55 bits per heavy atom. The van der Waals surface area contributed by atoms with E-state index < -0.39 is 11.7 Å². The molecule has 1 aromatic carbocycles. The van der Waals surface area contributed by atoms with Crippen LogP contribution in [0.3, 0.4) is 0 Å². The van der Waals surface area contributed by atoms with Gasteiger partial charge in [0.15, 0.2) is 0 Å². The van der Waals surface area contributed by atoms with Crippen molar-refractivity contribution in [2.45, 2.75) is 18.6 Å². The van der Waals surface area contributed by atoms with Crippen LogP contribution in [-0.2, 0) is 6.18 Å². The van der Waals surface area contributed by atoms with Crippen LogP contribution in [0.5, 0.6) is 0 Å². The van der Waals surface area contributed by atoms with Gasteiger partial charge in [-0.3, -0.25) is 0 Å². The zero-order valence-corrected chi connectivity index (χ0v) is 11.4. The second-order valence-electron chi connectivity index (χ2n) is 5.19. The van der Waals surface area contributed by atoms with Gasteiger partial charge in [-0.05, 0) is 38.7 Å². The highest BCUT2D eigenvalue weighted by molar-refractivity contribution is 5.56. The lowest BCUT2D eigenvalue weighted by Gasteiger charge is -2.22. The zero-order chi connectivity index (χ0) is 14.9. The molecule has 0 radical (unpaired) electrons. The molecule has 1 aliphatic heterocycles. The molecular formula is C14H16F3N3. The summed E-state index contributed by atoms with van der Waals surface area (Å²) in [6.45, 7) is 1.56. The summed E-state index contributed by atoms with van der Waals surface area (Å²) in [5.74, 6) is 0. The fourth-order valence-corrected chi connectivity index (χ4v) is 2.47. The molecule has 20 heavy (non-hydrogen) atoms. The lowest BCUT2D eigenvalue weighted by molar-refractivity contribution is -0.137. The fraction of sp³-hybridized carbons (Fsp3) is 0.500. The van der Waals surface area contributed by atoms with Crippen molar-refractivity contribution in [1.82, 2.24) is 4.90 Å². The van der Waals surface area contributed by atoms with Crippen molar-refractivity contribution < 1.29 is 13.2 Å². The quantitative estimate of drug-likeness (QED) is 0.836. The van der Waals surface area contributed by atoms with E-state index >= 15 is 0 Å². The smallest absolute Gasteiger partial charge is 0.370 e. The summed E-state index contributed by atoms with van der Waals surface area (Å²) in [7, 11) is 3.98. The van der Waals surface area contributed by atoms with Gasteiger partial charge in [-0.15, -0.1) is 0 Å². The third kappa shape index (κ3) is 2.88. The van der Waals surface area contributed by atoms with E-state index in [4.69, 9.17) is 5.26 Å². The Balaban J connectivity index is 2.26. The highest BCUT2D eigenvalue weighted by atomic mass is 19.4. The molecule has 1 aromatic rings. The Bertz CT molecular complexity index is 531. The molecule has 0 N–H and O–H groups in total. The van der Waals surface area contributed by atoms with E-state index in [1.54, 1.807) is 6.07 Å². The minimum atomic E-state index is -4.49. The van der Waals surface area contributed by atoms with Gasteiger partial charge in [-0.1, -0.05) is 0 Å². The normalized spacial score (nSPS) is 19.4. The zero-order valence-electron chi connectivity index (χ0n) is 11.4. The molecule has 1 fully saturated rings. The van der Waals surface area contributed by atoms with Crippen LogP contribution >= 0.6 is 0 Å². The molecule has 1 heterocycles. The molecule has 108 valence electrons. The molecule has 0 spiro atoms. The summed E-state index contributed by atoms with van der Waals surface area (Å²) in [5.41, 5.74) is -0.505. The molecule has 0 aromatic heterocycles. The summed E-state index contributed by atoms with van der Waals surface area (Å²) >= 11 is 0. The van der Waals surface area contributed by atoms with Gasteiger partial charge in [0.2, 0.25) is 0 Å². The molecule has 0 saturated carbocycles. The van der Waals surface area contributed by atoms with Crippen molar-refractivity contribution in [2.75, 3.05) is 32.1 Å². The van der Waals surface area contributed by atoms with Crippen LogP contribution in [0.25, 0.3) is 0 Å². The summed E-state index contributed by atoms with van der Waals surface area (Å²) in [6, 6.07) is 5.81. The van der Waals surface area contributed by atoms with Gasteiger partial charge < -0.3 is 9.80 Å². The van der Waals surface area contributed by atoms with Crippen molar-refractivity contribution in [3.8, 4) is 6.07 Å². The molecule has 0 bridgehead atoms. The Morgan fingerprint density at radius 1 is 1.35 bits per heavy atom. The van der Waals surface area contributed by atoms with Crippen molar-refractivity contribution in [3.05, 3.63) is 29.3 Å². The minimum Gasteiger partial charge on any atom is -0.370 e. The maximum Gasteiger partial charge on any atom is 0.417 e. The van der Waals surface area contributed by atoms with Crippen molar-refractivity contribution in [2.24, 2.45) is 0 Å². The topological polar surface area (TPSA) is 30.3 Å². The Kier molecular flexibility index (Phi) is 3.91. The maximum atomic E-state index is 12.7. The summed E-state index contributed by atoms with van der Waals surface area (Å²) < 4.78 is 38.2. The number of rotatable bonds is 2. The van der Waals surface area contributed by atoms with Crippen LogP contribution < -0.4 is 4.90 Å². The number of anilines is 1. The second kappa shape index (κ2) is 5.33. The Labute approximate surface area is 116 Å². The molecule has 0 aliphatic carbocycles. The number of alkyl halides is 3. The Hall–Kier alpha value is -1.74. The van der Waals surface area contributed by atoms with E-state index in [-0.39, 0.29) is 5.56 Å². The van der Waals surface area contributed by atoms with E-state index in [0.29, 0.717) is 11.7 Å². The van der Waals surface area contributed by atoms with Gasteiger partial charge in [0.05, 0.1) is 17.2 Å². The molecule has 6 heteroatoms. The first-order chi connectivity index (χ1) is 9.32. The van der Waals surface area contributed by atoms with Gasteiger partial charge in [0, 0.05) is 24.8 Å². The molecule has 2 rings (SSSR count). The number of nitrogens with zero attached hydrogens (tertiary/aromatic N) is 3. The van der Waals surface area contributed by atoms with E-state index in [1.165, 1.54) is 12.1 Å². The third-order valence-electron chi connectivity index (χ3n) is 3.69. The predicted molar refractivity (Wildman–Crippen MR) is 70.5 cm³/mol. The van der Waals surface area contributed by atoms with E-state index in [2.05, 4.69) is 4.90 Å². The van der Waals surface area contributed by atoms with Crippen LogP contribution in [0.1, 0.15) is 17.5 Å². The molecule has 3 nitrogen and oxygen atoms in total. The lowest BCUT2D eigenvalue weighted by Crippen LogP contribution is -2.31. The van der Waals surface area contributed by atoms with Crippen molar-refractivity contribution in [1.29, 1.82) is 5.26 Å². The second-order valence-corrected chi connectivity index (χ2v) is 5.19. The van der Waals surface area contributed by atoms with Gasteiger partial charge in [0.1, 0.15) is 0 Å². The minimum absolute atomic E-state index is 0.316. The number of halogens is 3. The highest BCUT2D eigenvalue weighted by Crippen LogP contribution is 2.34. The Morgan fingerprint density at radius 2 is 2.05 bits per heavy atom. The van der Waals surface area contributed by atoms with Gasteiger partial charge in [-0.25, -0.2) is 0 Å². The lowest BCUT2D eigenvalue weighted by atomic mass is 10.1. The van der Waals surface area contributed by atoms with Crippen LogP contribution in [0.4, 0.5) is 18.9 Å². The molecule has 1 aliphatic rings. The van der Waals surface area contributed by atoms with Crippen LogP contribution in [0.2, 0.25) is 0 Å². The summed E-state index contributed by atoms with van der Waals surface area (Å²) in [4.78, 5) is 4.13. The number of likely N-dealkylation sites (N-methyl/N-ethyl adjacent to an activating group) is 1. The number of hydrogen-bond donors (Lipinski definition) is 0. The van der Waals surface area contributed by atoms with Crippen molar-refractivity contribution >= 4 is 5.69 Å². The number of benzene rings is 1. The molecule has 1 unspecified atom stereocenters. The van der Waals surface area contributed by atoms with E-state index in [0.717, 1.165) is 25.6 Å². The van der Waals surface area contributed by atoms with Crippen LogP contribution in [0.15, 0.2) is 18.2 Å². The monoisotopic (exact) mass is 283 g/mol. The summed E-state index contributed by atoms with van der Waals surface area (Å²) in [6.07, 6.45) is -3.52. The summed E-state index contributed by atoms with van der Waals surface area (Å²) in [5, 5.41) is 8.91. The fourth-order valence-electron chi connectivity index (χ4n) is 2.47. The first-order valence-corrected chi connectivity index (χ1v) is 6.35. The highest BCUT2D eigenvalue weighted by Gasteiger charge is 2.34. The largest absolute Gasteiger partial charge is 0.417 e. The first-order valence-electron chi connectivity index (χ1n) is 6.35. The van der Waals surface area contributed by atoms with Crippen LogP contribution in [-0.4, -0.2) is 38.1 Å². The van der Waals surface area contributed by atoms with E-state index in [1.807, 2.05) is 19.0 Å². The average molecular weight is 283 g/mol. The van der Waals surface area contributed by atoms with Crippen LogP contribution in [0, 0.1) is 11.3 Å². The van der Waals surface area contributed by atoms with Gasteiger partial charge >= 0.3 is 6.18 Å². The molecular weight excluding hydrogens is 267 g/mol. The SMILES string of the molecule is CN(C)C1CCN(c2ccc(C(F)(F)F)c(C#N)c2)C1. The molecule has 1 atom stereocenters. The number of hydrogen-bond acceptors (Lipinski definition) is 3.